The Hall–Kier alpha value is -2.30. The summed E-state index contributed by atoms with van der Waals surface area (Å²) in [7, 11) is 0. The fourth-order valence-electron chi connectivity index (χ4n) is 1.73. The van der Waals surface area contributed by atoms with Crippen molar-refractivity contribution < 1.29 is 9.90 Å². The molecule has 0 radical (unpaired) electrons. The minimum absolute atomic E-state index is 0.187. The highest BCUT2D eigenvalue weighted by Gasteiger charge is 2.10. The van der Waals surface area contributed by atoms with Crippen LogP contribution in [0.2, 0.25) is 0 Å². The fourth-order valence-corrected chi connectivity index (χ4v) is 1.73. The molecule has 3 N–H and O–H groups in total. The number of fused-ring (bicyclic) bond motifs is 3. The van der Waals surface area contributed by atoms with Gasteiger partial charge in [0.1, 0.15) is 5.69 Å². The van der Waals surface area contributed by atoms with Gasteiger partial charge in [-0.2, -0.15) is 5.10 Å². The third-order valence-corrected chi connectivity index (χ3v) is 2.45. The van der Waals surface area contributed by atoms with Gasteiger partial charge in [0.25, 0.3) is 0 Å². The zero-order chi connectivity index (χ0) is 10.4. The van der Waals surface area contributed by atoms with Gasteiger partial charge in [0.2, 0.25) is 0 Å². The van der Waals surface area contributed by atoms with Gasteiger partial charge in [-0.3, -0.25) is 5.10 Å². The average molecular weight is 201 g/mol. The number of hydrogen-bond acceptors (Lipinski definition) is 2. The number of rotatable bonds is 1. The fraction of sp³-hybridized carbons (Fsp3) is 0. The molecule has 2 aromatic heterocycles. The lowest BCUT2D eigenvalue weighted by atomic mass is 10.2. The maximum Gasteiger partial charge on any atom is 0.352 e. The molecule has 0 aliphatic carbocycles. The Kier molecular flexibility index (Phi) is 1.39. The Balaban J connectivity index is 2.46. The highest BCUT2D eigenvalue weighted by Crippen LogP contribution is 2.23. The molecule has 0 fully saturated rings. The van der Waals surface area contributed by atoms with E-state index < -0.39 is 5.97 Å². The van der Waals surface area contributed by atoms with Crippen LogP contribution < -0.4 is 0 Å². The van der Waals surface area contributed by atoms with Crippen molar-refractivity contribution in [2.24, 2.45) is 0 Å². The normalized spacial score (nSPS) is 11.2. The van der Waals surface area contributed by atoms with Crippen LogP contribution in [0.3, 0.4) is 0 Å². The number of aromatic carboxylic acids is 1. The van der Waals surface area contributed by atoms with Crippen LogP contribution in [-0.2, 0) is 0 Å². The van der Waals surface area contributed by atoms with Crippen LogP contribution in [-0.4, -0.2) is 26.3 Å². The van der Waals surface area contributed by atoms with Gasteiger partial charge in [0, 0.05) is 16.3 Å². The predicted octanol–water partition coefficient (Wildman–Crippen LogP) is 1.74. The molecule has 0 amide bonds. The van der Waals surface area contributed by atoms with Gasteiger partial charge in [-0.05, 0) is 18.2 Å². The molecular formula is C10H7N3O2. The molecular weight excluding hydrogens is 194 g/mol. The highest BCUT2D eigenvalue weighted by atomic mass is 16.4. The van der Waals surface area contributed by atoms with E-state index >= 15 is 0 Å². The van der Waals surface area contributed by atoms with Crippen LogP contribution in [0.1, 0.15) is 10.5 Å². The SMILES string of the molecule is O=C(O)c1cc2c(ccc3cn[nH]c32)[nH]1. The Labute approximate surface area is 83.7 Å². The molecule has 0 atom stereocenters. The van der Waals surface area contributed by atoms with Crippen molar-refractivity contribution in [1.29, 1.82) is 0 Å². The van der Waals surface area contributed by atoms with Crippen molar-refractivity contribution in [3.63, 3.8) is 0 Å². The van der Waals surface area contributed by atoms with E-state index in [1.54, 1.807) is 12.3 Å². The standard InChI is InChI=1S/C10H7N3O2/c14-10(15)8-3-6-7(12-8)2-1-5-4-11-13-9(5)6/h1-4,12H,(H,11,13)(H,14,15). The number of H-pyrrole nitrogens is 2. The summed E-state index contributed by atoms with van der Waals surface area (Å²) < 4.78 is 0. The minimum atomic E-state index is -0.959. The zero-order valence-corrected chi connectivity index (χ0v) is 7.61. The van der Waals surface area contributed by atoms with E-state index in [1.807, 2.05) is 12.1 Å². The largest absolute Gasteiger partial charge is 0.477 e. The third kappa shape index (κ3) is 1.03. The molecule has 0 saturated carbocycles. The Morgan fingerprint density at radius 3 is 3.07 bits per heavy atom. The number of nitrogens with zero attached hydrogens (tertiary/aromatic N) is 1. The second-order valence-corrected chi connectivity index (χ2v) is 3.35. The lowest BCUT2D eigenvalue weighted by Gasteiger charge is -1.90. The molecule has 5 nitrogen and oxygen atoms in total. The number of benzene rings is 1. The molecule has 15 heavy (non-hydrogen) atoms. The van der Waals surface area contributed by atoms with Gasteiger partial charge in [-0.1, -0.05) is 0 Å². The van der Waals surface area contributed by atoms with Crippen molar-refractivity contribution in [3.8, 4) is 0 Å². The summed E-state index contributed by atoms with van der Waals surface area (Å²) in [6.07, 6.45) is 1.71. The maximum absolute atomic E-state index is 10.8. The summed E-state index contributed by atoms with van der Waals surface area (Å²) >= 11 is 0. The molecule has 74 valence electrons. The first-order valence-corrected chi connectivity index (χ1v) is 4.44. The van der Waals surface area contributed by atoms with Gasteiger partial charge in [-0.25, -0.2) is 4.79 Å². The monoisotopic (exact) mass is 201 g/mol. The van der Waals surface area contributed by atoms with E-state index in [0.717, 1.165) is 21.8 Å². The summed E-state index contributed by atoms with van der Waals surface area (Å²) in [5, 5.41) is 17.4. The van der Waals surface area contributed by atoms with Crippen molar-refractivity contribution in [2.45, 2.75) is 0 Å². The second kappa shape index (κ2) is 2.60. The van der Waals surface area contributed by atoms with E-state index in [2.05, 4.69) is 15.2 Å². The van der Waals surface area contributed by atoms with Crippen LogP contribution in [0.25, 0.3) is 21.8 Å². The first kappa shape index (κ1) is 8.05. The molecule has 3 rings (SSSR count). The summed E-state index contributed by atoms with van der Waals surface area (Å²) in [5.41, 5.74) is 1.84. The molecule has 0 bridgehead atoms. The lowest BCUT2D eigenvalue weighted by Crippen LogP contribution is -1.94. The first-order chi connectivity index (χ1) is 7.25. The van der Waals surface area contributed by atoms with Crippen LogP contribution in [0, 0.1) is 0 Å². The molecule has 5 heteroatoms. The van der Waals surface area contributed by atoms with Crippen molar-refractivity contribution in [1.82, 2.24) is 15.2 Å². The van der Waals surface area contributed by atoms with Gasteiger partial charge in [0.05, 0.1) is 11.7 Å². The number of aromatic amines is 2. The van der Waals surface area contributed by atoms with E-state index in [4.69, 9.17) is 5.11 Å². The number of hydrogen-bond donors (Lipinski definition) is 3. The summed E-state index contributed by atoms with van der Waals surface area (Å²) in [6.45, 7) is 0. The summed E-state index contributed by atoms with van der Waals surface area (Å²) in [4.78, 5) is 13.6. The zero-order valence-electron chi connectivity index (χ0n) is 7.61. The number of carbonyl (C=O) groups is 1. The van der Waals surface area contributed by atoms with E-state index in [-0.39, 0.29) is 5.69 Å². The van der Waals surface area contributed by atoms with Crippen LogP contribution in [0.5, 0.6) is 0 Å². The second-order valence-electron chi connectivity index (χ2n) is 3.35. The molecule has 0 aliphatic heterocycles. The molecule has 0 aliphatic rings. The predicted molar refractivity (Wildman–Crippen MR) is 54.9 cm³/mol. The van der Waals surface area contributed by atoms with Crippen LogP contribution in [0.15, 0.2) is 24.4 Å². The molecule has 1 aromatic carbocycles. The maximum atomic E-state index is 10.8. The third-order valence-electron chi connectivity index (χ3n) is 2.45. The number of aromatic nitrogens is 3. The molecule has 2 heterocycles. The molecule has 3 aromatic rings. The number of carboxylic acid groups (broad SMARTS) is 1. The Morgan fingerprint density at radius 2 is 2.27 bits per heavy atom. The molecule has 0 saturated heterocycles. The quantitative estimate of drug-likeness (QED) is 0.560. The van der Waals surface area contributed by atoms with Gasteiger partial charge < -0.3 is 10.1 Å². The van der Waals surface area contributed by atoms with E-state index in [0.29, 0.717) is 0 Å². The van der Waals surface area contributed by atoms with Gasteiger partial charge in [0.15, 0.2) is 0 Å². The minimum Gasteiger partial charge on any atom is -0.477 e. The van der Waals surface area contributed by atoms with Crippen molar-refractivity contribution in [2.75, 3.05) is 0 Å². The topological polar surface area (TPSA) is 81.8 Å². The number of carboxylic acids is 1. The average Bonchev–Trinajstić information content (AvgIpc) is 2.82. The van der Waals surface area contributed by atoms with Crippen molar-refractivity contribution >= 4 is 27.8 Å². The Bertz CT molecular complexity index is 665. The smallest absolute Gasteiger partial charge is 0.352 e. The highest BCUT2D eigenvalue weighted by molar-refractivity contribution is 6.06. The summed E-state index contributed by atoms with van der Waals surface area (Å²) in [6, 6.07) is 5.35. The molecule has 0 spiro atoms. The van der Waals surface area contributed by atoms with Gasteiger partial charge in [-0.15, -0.1) is 0 Å². The lowest BCUT2D eigenvalue weighted by molar-refractivity contribution is 0.0691. The Morgan fingerprint density at radius 1 is 1.40 bits per heavy atom. The van der Waals surface area contributed by atoms with E-state index in [9.17, 15) is 4.79 Å². The van der Waals surface area contributed by atoms with Crippen LogP contribution >= 0.6 is 0 Å². The molecule has 0 unspecified atom stereocenters. The number of nitrogens with one attached hydrogen (secondary N) is 2. The van der Waals surface area contributed by atoms with Crippen LogP contribution in [0.4, 0.5) is 0 Å². The first-order valence-electron chi connectivity index (χ1n) is 4.44. The van der Waals surface area contributed by atoms with Gasteiger partial charge >= 0.3 is 5.97 Å². The van der Waals surface area contributed by atoms with E-state index in [1.165, 1.54) is 0 Å². The van der Waals surface area contributed by atoms with Crippen molar-refractivity contribution in [3.05, 3.63) is 30.1 Å². The summed E-state index contributed by atoms with van der Waals surface area (Å²) in [5.74, 6) is -0.959.